The zero-order valence-electron chi connectivity index (χ0n) is 18.1. The average molecular weight is 371 g/mol. The maximum absolute atomic E-state index is 5.78. The monoisotopic (exact) mass is 370 g/mol. The second kappa shape index (κ2) is 20.8. The van der Waals surface area contributed by atoms with E-state index >= 15 is 0 Å². The number of hydrogen-bond donors (Lipinski definition) is 0. The first-order valence-corrected chi connectivity index (χ1v) is 11.3. The molecule has 0 radical (unpaired) electrons. The van der Waals surface area contributed by atoms with E-state index in [2.05, 4.69) is 19.9 Å². The third-order valence-corrected chi connectivity index (χ3v) is 4.75. The Morgan fingerprint density at radius 3 is 1.96 bits per heavy atom. The Kier molecular flexibility index (Phi) is 20.3. The first-order chi connectivity index (χ1) is 12.8. The van der Waals surface area contributed by atoms with Gasteiger partial charge in [-0.05, 0) is 39.0 Å². The highest BCUT2D eigenvalue weighted by Crippen LogP contribution is 2.23. The van der Waals surface area contributed by atoms with Crippen LogP contribution >= 0.6 is 0 Å². The number of allylic oxidation sites excluding steroid dienone is 1. The topological polar surface area (TPSA) is 27.7 Å². The van der Waals surface area contributed by atoms with E-state index in [-0.39, 0.29) is 6.29 Å². The van der Waals surface area contributed by atoms with E-state index in [0.717, 1.165) is 39.1 Å². The molecule has 0 saturated carbocycles. The van der Waals surface area contributed by atoms with Crippen molar-refractivity contribution in [2.24, 2.45) is 5.92 Å². The summed E-state index contributed by atoms with van der Waals surface area (Å²) in [7, 11) is 0. The molecule has 0 N–H and O–H groups in total. The van der Waals surface area contributed by atoms with Crippen molar-refractivity contribution in [3.05, 3.63) is 12.3 Å². The summed E-state index contributed by atoms with van der Waals surface area (Å²) in [6.07, 6.45) is 19.1. The van der Waals surface area contributed by atoms with E-state index in [1.165, 1.54) is 57.8 Å². The Hall–Kier alpha value is -0.540. The molecule has 1 atom stereocenters. The van der Waals surface area contributed by atoms with E-state index in [1.807, 2.05) is 20.1 Å². The van der Waals surface area contributed by atoms with Gasteiger partial charge < -0.3 is 14.2 Å². The summed E-state index contributed by atoms with van der Waals surface area (Å²) in [6.45, 7) is 10.8. The maximum Gasteiger partial charge on any atom is 0.157 e. The van der Waals surface area contributed by atoms with Crippen LogP contribution in [0.2, 0.25) is 0 Å². The van der Waals surface area contributed by atoms with Gasteiger partial charge in [-0.25, -0.2) is 0 Å². The van der Waals surface area contributed by atoms with Crippen LogP contribution in [0.4, 0.5) is 0 Å². The third kappa shape index (κ3) is 16.9. The number of hydrogen-bond acceptors (Lipinski definition) is 3. The SMILES string of the molecule is CCC=COCCCC(CCCCCCCCC)CC(OCC)OCC. The first kappa shape index (κ1) is 25.5. The summed E-state index contributed by atoms with van der Waals surface area (Å²) < 4.78 is 17.1. The van der Waals surface area contributed by atoms with Gasteiger partial charge in [-0.2, -0.15) is 0 Å². The van der Waals surface area contributed by atoms with Gasteiger partial charge in [0.2, 0.25) is 0 Å². The third-order valence-electron chi connectivity index (χ3n) is 4.75. The van der Waals surface area contributed by atoms with Crippen molar-refractivity contribution in [2.45, 2.75) is 111 Å². The fourth-order valence-electron chi connectivity index (χ4n) is 3.29. The molecule has 26 heavy (non-hydrogen) atoms. The Balaban J connectivity index is 4.14. The summed E-state index contributed by atoms with van der Waals surface area (Å²) >= 11 is 0. The smallest absolute Gasteiger partial charge is 0.157 e. The summed E-state index contributed by atoms with van der Waals surface area (Å²) in [4.78, 5) is 0. The second-order valence-corrected chi connectivity index (χ2v) is 7.15. The molecule has 1 unspecified atom stereocenters. The summed E-state index contributed by atoms with van der Waals surface area (Å²) in [5.74, 6) is 0.674. The predicted octanol–water partition coefficient (Wildman–Crippen LogP) is 7.25. The van der Waals surface area contributed by atoms with Gasteiger partial charge in [0.05, 0.1) is 12.9 Å². The first-order valence-electron chi connectivity index (χ1n) is 11.3. The molecule has 3 heteroatoms. The molecule has 0 bridgehead atoms. The Morgan fingerprint density at radius 1 is 0.731 bits per heavy atom. The summed E-state index contributed by atoms with van der Waals surface area (Å²) in [6, 6.07) is 0. The van der Waals surface area contributed by atoms with Crippen LogP contribution in [0.15, 0.2) is 12.3 Å². The minimum atomic E-state index is -0.0412. The van der Waals surface area contributed by atoms with Gasteiger partial charge in [0.25, 0.3) is 0 Å². The van der Waals surface area contributed by atoms with Crippen molar-refractivity contribution in [3.8, 4) is 0 Å². The molecule has 0 amide bonds. The van der Waals surface area contributed by atoms with Crippen molar-refractivity contribution >= 4 is 0 Å². The average Bonchev–Trinajstić information content (AvgIpc) is 2.64. The molecular formula is C23H46O3. The molecule has 0 rings (SSSR count). The molecule has 0 heterocycles. The number of unbranched alkanes of at least 4 members (excludes halogenated alkanes) is 6. The summed E-state index contributed by atoms with van der Waals surface area (Å²) in [5.41, 5.74) is 0. The van der Waals surface area contributed by atoms with Gasteiger partial charge in [-0.15, -0.1) is 0 Å². The van der Waals surface area contributed by atoms with Crippen LogP contribution in [-0.2, 0) is 14.2 Å². The molecule has 0 aliphatic carbocycles. The molecular weight excluding hydrogens is 324 g/mol. The van der Waals surface area contributed by atoms with Gasteiger partial charge in [0.1, 0.15) is 0 Å². The van der Waals surface area contributed by atoms with Crippen molar-refractivity contribution < 1.29 is 14.2 Å². The van der Waals surface area contributed by atoms with Crippen molar-refractivity contribution in [1.29, 1.82) is 0 Å². The van der Waals surface area contributed by atoms with Crippen LogP contribution in [-0.4, -0.2) is 26.1 Å². The molecule has 0 fully saturated rings. The van der Waals surface area contributed by atoms with Crippen LogP contribution in [0, 0.1) is 5.92 Å². The van der Waals surface area contributed by atoms with Gasteiger partial charge in [0, 0.05) is 19.6 Å². The predicted molar refractivity (Wildman–Crippen MR) is 112 cm³/mol. The number of ether oxygens (including phenoxy) is 3. The van der Waals surface area contributed by atoms with Crippen LogP contribution in [0.3, 0.4) is 0 Å². The van der Waals surface area contributed by atoms with Gasteiger partial charge in [-0.1, -0.05) is 71.3 Å². The normalized spacial score (nSPS) is 13.0. The quantitative estimate of drug-likeness (QED) is 0.128. The summed E-state index contributed by atoms with van der Waals surface area (Å²) in [5, 5.41) is 0. The highest BCUT2D eigenvalue weighted by molar-refractivity contribution is 4.70. The van der Waals surface area contributed by atoms with E-state index in [9.17, 15) is 0 Å². The highest BCUT2D eigenvalue weighted by atomic mass is 16.7. The molecule has 3 nitrogen and oxygen atoms in total. The number of rotatable bonds is 20. The maximum atomic E-state index is 5.78. The largest absolute Gasteiger partial charge is 0.502 e. The lowest BCUT2D eigenvalue weighted by molar-refractivity contribution is -0.147. The molecule has 0 aliphatic rings. The Labute approximate surface area is 163 Å². The fraction of sp³-hybridized carbons (Fsp3) is 0.913. The van der Waals surface area contributed by atoms with Crippen molar-refractivity contribution in [1.82, 2.24) is 0 Å². The van der Waals surface area contributed by atoms with Crippen LogP contribution in [0.1, 0.15) is 105 Å². The van der Waals surface area contributed by atoms with Crippen LogP contribution < -0.4 is 0 Å². The zero-order valence-corrected chi connectivity index (χ0v) is 18.1. The Morgan fingerprint density at radius 2 is 1.35 bits per heavy atom. The zero-order chi connectivity index (χ0) is 19.3. The molecule has 0 saturated heterocycles. The molecule has 0 aromatic rings. The van der Waals surface area contributed by atoms with Crippen molar-refractivity contribution in [2.75, 3.05) is 19.8 Å². The van der Waals surface area contributed by atoms with E-state index in [4.69, 9.17) is 14.2 Å². The van der Waals surface area contributed by atoms with E-state index in [0.29, 0.717) is 5.92 Å². The fourth-order valence-corrected chi connectivity index (χ4v) is 3.29. The molecule has 0 spiro atoms. The second-order valence-electron chi connectivity index (χ2n) is 7.15. The van der Waals surface area contributed by atoms with E-state index < -0.39 is 0 Å². The lowest BCUT2D eigenvalue weighted by atomic mass is 9.92. The molecule has 156 valence electrons. The van der Waals surface area contributed by atoms with E-state index in [1.54, 1.807) is 0 Å². The van der Waals surface area contributed by atoms with Gasteiger partial charge in [-0.3, -0.25) is 0 Å². The minimum Gasteiger partial charge on any atom is -0.502 e. The van der Waals surface area contributed by atoms with Gasteiger partial charge >= 0.3 is 0 Å². The van der Waals surface area contributed by atoms with Crippen LogP contribution in [0.5, 0.6) is 0 Å². The molecule has 0 aromatic heterocycles. The molecule has 0 aromatic carbocycles. The van der Waals surface area contributed by atoms with Crippen molar-refractivity contribution in [3.63, 3.8) is 0 Å². The highest BCUT2D eigenvalue weighted by Gasteiger charge is 2.17. The minimum absolute atomic E-state index is 0.0412. The molecule has 0 aliphatic heterocycles. The van der Waals surface area contributed by atoms with Crippen LogP contribution in [0.25, 0.3) is 0 Å². The standard InChI is InChI=1S/C23H46O3/c1-5-9-11-12-13-14-15-17-22(18-16-20-24-19-10-6-2)21-23(25-7-3)26-8-4/h10,19,22-23H,5-9,11-18,20-21H2,1-4H3. The lowest BCUT2D eigenvalue weighted by Crippen LogP contribution is -2.21. The lowest BCUT2D eigenvalue weighted by Gasteiger charge is -2.23. The Bertz CT molecular complexity index is 285. The van der Waals surface area contributed by atoms with Gasteiger partial charge in [0.15, 0.2) is 6.29 Å².